The summed E-state index contributed by atoms with van der Waals surface area (Å²) in [6.45, 7) is 0.0533. The fourth-order valence-corrected chi connectivity index (χ4v) is 3.74. The van der Waals surface area contributed by atoms with Crippen molar-refractivity contribution in [1.29, 1.82) is 0 Å². The van der Waals surface area contributed by atoms with Crippen molar-refractivity contribution < 1.29 is 27.5 Å². The molecule has 0 saturated carbocycles. The molecule has 27 heavy (non-hydrogen) atoms. The minimum absolute atomic E-state index is 0.0410. The number of esters is 1. The lowest BCUT2D eigenvalue weighted by atomic mass is 10.1. The van der Waals surface area contributed by atoms with Crippen LogP contribution in [-0.2, 0) is 14.6 Å². The molecule has 1 aliphatic heterocycles. The molecule has 1 heterocycles. The summed E-state index contributed by atoms with van der Waals surface area (Å²) < 4.78 is 28.6. The third-order valence-electron chi connectivity index (χ3n) is 4.14. The fourth-order valence-electron chi connectivity index (χ4n) is 2.87. The zero-order valence-corrected chi connectivity index (χ0v) is 15.4. The van der Waals surface area contributed by atoms with Gasteiger partial charge in [-0.15, -0.1) is 0 Å². The number of nitrogens with zero attached hydrogens (tertiary/aromatic N) is 1. The van der Waals surface area contributed by atoms with E-state index in [1.165, 1.54) is 18.2 Å². The van der Waals surface area contributed by atoms with E-state index in [9.17, 15) is 22.8 Å². The molecule has 0 bridgehead atoms. The largest absolute Gasteiger partial charge is 0.462 e. The van der Waals surface area contributed by atoms with E-state index < -0.39 is 15.8 Å². The second-order valence-corrected chi connectivity index (χ2v) is 8.05. The van der Waals surface area contributed by atoms with Gasteiger partial charge in [-0.1, -0.05) is 24.3 Å². The zero-order chi connectivity index (χ0) is 19.6. The Balaban J connectivity index is 1.59. The Morgan fingerprint density at radius 3 is 2.11 bits per heavy atom. The summed E-state index contributed by atoms with van der Waals surface area (Å²) in [5.41, 5.74) is 0.684. The first kappa shape index (κ1) is 18.8. The molecule has 2 aromatic rings. The van der Waals surface area contributed by atoms with Crippen LogP contribution in [0, 0.1) is 0 Å². The number of rotatable bonds is 6. The van der Waals surface area contributed by atoms with Crippen molar-refractivity contribution in [3.05, 3.63) is 65.2 Å². The number of carbonyl (C=O) groups is 3. The summed E-state index contributed by atoms with van der Waals surface area (Å²) in [5, 5.41) is 0. The lowest BCUT2D eigenvalue weighted by Crippen LogP contribution is -2.31. The van der Waals surface area contributed by atoms with Crippen molar-refractivity contribution in [1.82, 2.24) is 4.90 Å². The average Bonchev–Trinajstić information content (AvgIpc) is 2.89. The smallest absolute Gasteiger partial charge is 0.339 e. The first-order chi connectivity index (χ1) is 12.8. The standard InChI is InChI=1S/C19H17NO6S/c1-27(24,25)16-10-5-4-9-15(16)19(23)26-12-6-11-20-17(21)13-7-2-3-8-14(13)18(20)22/h2-5,7-10H,6,11-12H2,1H3. The first-order valence-electron chi connectivity index (χ1n) is 8.22. The molecule has 8 heteroatoms. The Morgan fingerprint density at radius 2 is 1.52 bits per heavy atom. The lowest BCUT2D eigenvalue weighted by molar-refractivity contribution is 0.0478. The van der Waals surface area contributed by atoms with Crippen LogP contribution >= 0.6 is 0 Å². The van der Waals surface area contributed by atoms with Crippen LogP contribution in [0.15, 0.2) is 53.4 Å². The van der Waals surface area contributed by atoms with E-state index in [1.807, 2.05) is 0 Å². The molecule has 0 aliphatic carbocycles. The van der Waals surface area contributed by atoms with E-state index in [4.69, 9.17) is 4.74 Å². The van der Waals surface area contributed by atoms with Gasteiger partial charge in [0.1, 0.15) is 0 Å². The summed E-state index contributed by atoms with van der Waals surface area (Å²) in [4.78, 5) is 37.7. The van der Waals surface area contributed by atoms with E-state index in [0.29, 0.717) is 11.1 Å². The SMILES string of the molecule is CS(=O)(=O)c1ccccc1C(=O)OCCCN1C(=O)c2ccccc2C1=O. The van der Waals surface area contributed by atoms with E-state index >= 15 is 0 Å². The molecule has 0 fully saturated rings. The summed E-state index contributed by atoms with van der Waals surface area (Å²) in [6.07, 6.45) is 1.26. The monoisotopic (exact) mass is 387 g/mol. The van der Waals surface area contributed by atoms with Gasteiger partial charge in [0.25, 0.3) is 11.8 Å². The van der Waals surface area contributed by atoms with E-state index in [-0.39, 0.29) is 41.8 Å². The Kier molecular flexibility index (Phi) is 5.09. The third kappa shape index (κ3) is 3.75. The number of benzene rings is 2. The van der Waals surface area contributed by atoms with Crippen LogP contribution in [0.3, 0.4) is 0 Å². The number of hydrogen-bond donors (Lipinski definition) is 0. The molecule has 0 unspecified atom stereocenters. The highest BCUT2D eigenvalue weighted by Gasteiger charge is 2.34. The predicted molar refractivity (Wildman–Crippen MR) is 96.3 cm³/mol. The van der Waals surface area contributed by atoms with Crippen molar-refractivity contribution in [3.8, 4) is 0 Å². The van der Waals surface area contributed by atoms with Gasteiger partial charge in [0.2, 0.25) is 0 Å². The van der Waals surface area contributed by atoms with Gasteiger partial charge in [-0.25, -0.2) is 13.2 Å². The summed E-state index contributed by atoms with van der Waals surface area (Å²) >= 11 is 0. The molecular formula is C19H17NO6S. The van der Waals surface area contributed by atoms with E-state index in [1.54, 1.807) is 30.3 Å². The molecule has 0 atom stereocenters. The average molecular weight is 387 g/mol. The van der Waals surface area contributed by atoms with Crippen molar-refractivity contribution in [2.45, 2.75) is 11.3 Å². The van der Waals surface area contributed by atoms with Crippen LogP contribution in [-0.4, -0.2) is 50.5 Å². The molecule has 3 rings (SSSR count). The first-order valence-corrected chi connectivity index (χ1v) is 10.1. The highest BCUT2D eigenvalue weighted by Crippen LogP contribution is 2.22. The maximum Gasteiger partial charge on any atom is 0.339 e. The maximum atomic E-state index is 12.2. The number of ether oxygens (including phenoxy) is 1. The van der Waals surface area contributed by atoms with Crippen LogP contribution in [0.4, 0.5) is 0 Å². The Hall–Kier alpha value is -3.00. The molecule has 0 saturated heterocycles. The molecule has 0 N–H and O–H groups in total. The molecule has 2 aromatic carbocycles. The molecular weight excluding hydrogens is 370 g/mol. The molecule has 7 nitrogen and oxygen atoms in total. The quantitative estimate of drug-likeness (QED) is 0.427. The number of hydrogen-bond acceptors (Lipinski definition) is 6. The van der Waals surface area contributed by atoms with Crippen LogP contribution in [0.5, 0.6) is 0 Å². The van der Waals surface area contributed by atoms with Gasteiger partial charge in [0, 0.05) is 12.8 Å². The summed E-state index contributed by atoms with van der Waals surface area (Å²) in [5.74, 6) is -1.51. The lowest BCUT2D eigenvalue weighted by Gasteiger charge is -2.14. The van der Waals surface area contributed by atoms with Crippen molar-refractivity contribution >= 4 is 27.6 Å². The number of carbonyl (C=O) groups excluding carboxylic acids is 3. The van der Waals surface area contributed by atoms with E-state index in [2.05, 4.69) is 0 Å². The number of sulfone groups is 1. The van der Waals surface area contributed by atoms with Crippen molar-refractivity contribution in [2.75, 3.05) is 19.4 Å². The maximum absolute atomic E-state index is 12.2. The van der Waals surface area contributed by atoms with Gasteiger partial charge in [-0.3, -0.25) is 14.5 Å². The molecule has 1 aliphatic rings. The Morgan fingerprint density at radius 1 is 0.963 bits per heavy atom. The zero-order valence-electron chi connectivity index (χ0n) is 14.5. The van der Waals surface area contributed by atoms with Crippen LogP contribution < -0.4 is 0 Å². The second kappa shape index (κ2) is 7.32. The molecule has 0 radical (unpaired) electrons. The van der Waals surface area contributed by atoms with Gasteiger partial charge in [0.15, 0.2) is 9.84 Å². The van der Waals surface area contributed by atoms with Crippen molar-refractivity contribution in [2.24, 2.45) is 0 Å². The predicted octanol–water partition coefficient (Wildman–Crippen LogP) is 1.93. The van der Waals surface area contributed by atoms with Crippen LogP contribution in [0.2, 0.25) is 0 Å². The van der Waals surface area contributed by atoms with Gasteiger partial charge in [-0.05, 0) is 30.7 Å². The number of fused-ring (bicyclic) bond motifs is 1. The van der Waals surface area contributed by atoms with Crippen molar-refractivity contribution in [3.63, 3.8) is 0 Å². The minimum Gasteiger partial charge on any atom is -0.462 e. The number of amides is 2. The molecule has 2 amide bonds. The Labute approximate surface area is 156 Å². The van der Waals surface area contributed by atoms with Gasteiger partial charge < -0.3 is 4.74 Å². The van der Waals surface area contributed by atoms with Gasteiger partial charge in [0.05, 0.1) is 28.2 Å². The topological polar surface area (TPSA) is 97.8 Å². The van der Waals surface area contributed by atoms with Crippen LogP contribution in [0.1, 0.15) is 37.5 Å². The second-order valence-electron chi connectivity index (χ2n) is 6.07. The van der Waals surface area contributed by atoms with E-state index in [0.717, 1.165) is 11.2 Å². The fraction of sp³-hybridized carbons (Fsp3) is 0.211. The minimum atomic E-state index is -3.57. The summed E-state index contributed by atoms with van der Waals surface area (Å²) in [7, 11) is -3.57. The molecule has 140 valence electrons. The number of imide groups is 1. The Bertz CT molecular complexity index is 993. The molecule has 0 spiro atoms. The summed E-state index contributed by atoms with van der Waals surface area (Å²) in [6, 6.07) is 12.4. The van der Waals surface area contributed by atoms with Gasteiger partial charge in [-0.2, -0.15) is 0 Å². The normalized spacial score (nSPS) is 13.6. The third-order valence-corrected chi connectivity index (χ3v) is 5.30. The highest BCUT2D eigenvalue weighted by molar-refractivity contribution is 7.90. The highest BCUT2D eigenvalue weighted by atomic mass is 32.2. The van der Waals surface area contributed by atoms with Crippen LogP contribution in [0.25, 0.3) is 0 Å². The van der Waals surface area contributed by atoms with Gasteiger partial charge >= 0.3 is 5.97 Å². The molecule has 0 aromatic heterocycles.